The summed E-state index contributed by atoms with van der Waals surface area (Å²) in [6.07, 6.45) is 12.5. The average Bonchev–Trinajstić information content (AvgIpc) is 2.48. The van der Waals surface area contributed by atoms with Gasteiger partial charge in [0, 0.05) is 31.8 Å². The number of unbranched alkanes of at least 4 members (excludes halogenated alkanes) is 6. The van der Waals surface area contributed by atoms with Gasteiger partial charge in [0.05, 0.1) is 0 Å². The molecule has 0 saturated heterocycles. The molecule has 0 unspecified atom stereocenters. The molecule has 22 heavy (non-hydrogen) atoms. The van der Waals surface area contributed by atoms with E-state index in [4.69, 9.17) is 5.11 Å². The lowest BCUT2D eigenvalue weighted by Gasteiger charge is -2.02. The van der Waals surface area contributed by atoms with Crippen molar-refractivity contribution >= 4 is 17.5 Å². The third-order valence-corrected chi connectivity index (χ3v) is 3.58. The zero-order chi connectivity index (χ0) is 16.6. The van der Waals surface area contributed by atoms with Crippen LogP contribution in [0.4, 0.5) is 0 Å². The normalized spacial score (nSPS) is 11.0. The molecule has 0 amide bonds. The Balaban J connectivity index is 3.46. The molecular weight excluding hydrogens is 280 g/mol. The fraction of sp³-hybridized carbons (Fsp3) is 0.722. The highest BCUT2D eigenvalue weighted by Gasteiger charge is 2.07. The van der Waals surface area contributed by atoms with Crippen LogP contribution in [0, 0.1) is 0 Å². The van der Waals surface area contributed by atoms with Gasteiger partial charge in [0.1, 0.15) is 11.6 Å². The number of aliphatic carboxylic acids is 1. The van der Waals surface area contributed by atoms with E-state index in [1.165, 1.54) is 12.8 Å². The number of carboxylic acid groups (broad SMARTS) is 1. The fourth-order valence-electron chi connectivity index (χ4n) is 2.22. The second-order valence-corrected chi connectivity index (χ2v) is 5.73. The smallest absolute Gasteiger partial charge is 0.327 e. The van der Waals surface area contributed by atoms with E-state index in [1.807, 2.05) is 0 Å². The summed E-state index contributed by atoms with van der Waals surface area (Å²) in [5, 5.41) is 8.41. The van der Waals surface area contributed by atoms with E-state index in [0.29, 0.717) is 25.7 Å². The number of hydrogen-bond acceptors (Lipinski definition) is 3. The lowest BCUT2D eigenvalue weighted by molar-refractivity contribution is -0.131. The number of Topliss-reactive ketones (excluding diaryl/α,β-unsaturated/α-hetero) is 2. The van der Waals surface area contributed by atoms with Crippen LogP contribution in [-0.2, 0) is 14.4 Å². The quantitative estimate of drug-likeness (QED) is 0.358. The Hall–Kier alpha value is -1.45. The van der Waals surface area contributed by atoms with Crippen molar-refractivity contribution < 1.29 is 19.5 Å². The number of carbonyl (C=O) groups excluding carboxylic acids is 2. The van der Waals surface area contributed by atoms with Gasteiger partial charge >= 0.3 is 5.97 Å². The van der Waals surface area contributed by atoms with E-state index in [1.54, 1.807) is 6.08 Å². The van der Waals surface area contributed by atoms with Crippen molar-refractivity contribution in [3.05, 3.63) is 12.2 Å². The third kappa shape index (κ3) is 14.9. The molecule has 0 atom stereocenters. The van der Waals surface area contributed by atoms with Crippen molar-refractivity contribution in [1.82, 2.24) is 0 Å². The Bertz CT molecular complexity index is 358. The Morgan fingerprint density at radius 2 is 1.32 bits per heavy atom. The van der Waals surface area contributed by atoms with Crippen LogP contribution in [0.15, 0.2) is 12.2 Å². The fourth-order valence-corrected chi connectivity index (χ4v) is 2.22. The minimum Gasteiger partial charge on any atom is -0.478 e. The van der Waals surface area contributed by atoms with Crippen LogP contribution in [0.1, 0.15) is 84.0 Å². The molecule has 0 radical (unpaired) electrons. The predicted molar refractivity (Wildman–Crippen MR) is 87.9 cm³/mol. The number of hydrogen-bond donors (Lipinski definition) is 1. The summed E-state index contributed by atoms with van der Waals surface area (Å²) in [5.41, 5.74) is 0. The summed E-state index contributed by atoms with van der Waals surface area (Å²) in [6, 6.07) is 0. The van der Waals surface area contributed by atoms with Crippen molar-refractivity contribution in [2.75, 3.05) is 0 Å². The van der Waals surface area contributed by atoms with Gasteiger partial charge in [0.25, 0.3) is 0 Å². The third-order valence-electron chi connectivity index (χ3n) is 3.58. The monoisotopic (exact) mass is 310 g/mol. The first-order valence-electron chi connectivity index (χ1n) is 8.49. The van der Waals surface area contributed by atoms with Gasteiger partial charge in [-0.3, -0.25) is 9.59 Å². The maximum atomic E-state index is 11.7. The highest BCUT2D eigenvalue weighted by Crippen LogP contribution is 2.09. The zero-order valence-corrected chi connectivity index (χ0v) is 13.8. The van der Waals surface area contributed by atoms with E-state index in [2.05, 4.69) is 6.92 Å². The largest absolute Gasteiger partial charge is 0.478 e. The molecule has 0 aliphatic rings. The van der Waals surface area contributed by atoms with Gasteiger partial charge in [0.15, 0.2) is 0 Å². The van der Waals surface area contributed by atoms with Crippen molar-refractivity contribution in [2.24, 2.45) is 0 Å². The first-order valence-corrected chi connectivity index (χ1v) is 8.49. The molecule has 0 aromatic rings. The second-order valence-electron chi connectivity index (χ2n) is 5.73. The highest BCUT2D eigenvalue weighted by molar-refractivity contribution is 5.85. The second kappa shape index (κ2) is 14.5. The topological polar surface area (TPSA) is 71.4 Å². The average molecular weight is 310 g/mol. The van der Waals surface area contributed by atoms with Crippen LogP contribution in [0.3, 0.4) is 0 Å². The molecule has 4 nitrogen and oxygen atoms in total. The van der Waals surface area contributed by atoms with E-state index in [9.17, 15) is 14.4 Å². The van der Waals surface area contributed by atoms with Gasteiger partial charge < -0.3 is 5.11 Å². The summed E-state index contributed by atoms with van der Waals surface area (Å²) in [6.45, 7) is 2.14. The summed E-state index contributed by atoms with van der Waals surface area (Å²) < 4.78 is 0. The molecule has 4 heteroatoms. The van der Waals surface area contributed by atoms with Crippen LogP contribution in [0.2, 0.25) is 0 Å². The van der Waals surface area contributed by atoms with Gasteiger partial charge in [-0.1, -0.05) is 38.7 Å². The minimum atomic E-state index is -0.922. The molecular formula is C18H30O4. The minimum absolute atomic E-state index is 0.169. The molecule has 0 bridgehead atoms. The first-order chi connectivity index (χ1) is 10.6. The predicted octanol–water partition coefficient (Wildman–Crippen LogP) is 4.47. The number of allylic oxidation sites excluding steroid dienone is 1. The van der Waals surface area contributed by atoms with Crippen LogP contribution < -0.4 is 0 Å². The maximum absolute atomic E-state index is 11.7. The van der Waals surface area contributed by atoms with Gasteiger partial charge in [-0.2, -0.15) is 0 Å². The Morgan fingerprint density at radius 3 is 1.82 bits per heavy atom. The van der Waals surface area contributed by atoms with Gasteiger partial charge in [-0.25, -0.2) is 4.79 Å². The number of carboxylic acids is 1. The van der Waals surface area contributed by atoms with Crippen LogP contribution >= 0.6 is 0 Å². The molecule has 0 aromatic carbocycles. The van der Waals surface area contributed by atoms with Crippen molar-refractivity contribution in [3.8, 4) is 0 Å². The Kier molecular flexibility index (Phi) is 13.5. The van der Waals surface area contributed by atoms with Crippen LogP contribution in [-0.4, -0.2) is 22.6 Å². The number of ketones is 2. The van der Waals surface area contributed by atoms with Gasteiger partial charge in [-0.05, 0) is 25.7 Å². The lowest BCUT2D eigenvalue weighted by atomic mass is 10.0. The SMILES string of the molecule is CCCCCCC(=O)CCC(=O)CCCCC/C=C/C(=O)O. The molecule has 0 rings (SSSR count). The Morgan fingerprint density at radius 1 is 0.773 bits per heavy atom. The van der Waals surface area contributed by atoms with E-state index >= 15 is 0 Å². The zero-order valence-electron chi connectivity index (χ0n) is 13.8. The van der Waals surface area contributed by atoms with Crippen molar-refractivity contribution in [1.29, 1.82) is 0 Å². The molecule has 126 valence electrons. The molecule has 0 aliphatic carbocycles. The van der Waals surface area contributed by atoms with Crippen molar-refractivity contribution in [2.45, 2.75) is 84.0 Å². The summed E-state index contributed by atoms with van der Waals surface area (Å²) in [7, 11) is 0. The highest BCUT2D eigenvalue weighted by atomic mass is 16.4. The maximum Gasteiger partial charge on any atom is 0.327 e. The summed E-state index contributed by atoms with van der Waals surface area (Å²) >= 11 is 0. The van der Waals surface area contributed by atoms with Gasteiger partial charge in [0.2, 0.25) is 0 Å². The van der Waals surface area contributed by atoms with E-state index < -0.39 is 5.97 Å². The molecule has 0 fully saturated rings. The number of carbonyl (C=O) groups is 3. The molecule has 1 N–H and O–H groups in total. The van der Waals surface area contributed by atoms with Crippen LogP contribution in [0.5, 0.6) is 0 Å². The molecule has 0 heterocycles. The Labute approximate surface area is 134 Å². The molecule has 0 aromatic heterocycles. The standard InChI is InChI=1S/C18H30O4/c1-2-3-4-8-11-16(19)14-15-17(20)12-9-6-5-7-10-13-18(21)22/h10,13H,2-9,11-12,14-15H2,1H3,(H,21,22)/b13-10+. The molecule has 0 spiro atoms. The molecule has 0 saturated carbocycles. The molecule has 0 aliphatic heterocycles. The lowest BCUT2D eigenvalue weighted by Crippen LogP contribution is -2.04. The van der Waals surface area contributed by atoms with E-state index in [0.717, 1.165) is 44.6 Å². The van der Waals surface area contributed by atoms with Crippen molar-refractivity contribution in [3.63, 3.8) is 0 Å². The summed E-state index contributed by atoms with van der Waals surface area (Å²) in [4.78, 5) is 33.5. The van der Waals surface area contributed by atoms with Gasteiger partial charge in [-0.15, -0.1) is 0 Å². The van der Waals surface area contributed by atoms with E-state index in [-0.39, 0.29) is 11.6 Å². The summed E-state index contributed by atoms with van der Waals surface area (Å²) in [5.74, 6) is -0.541. The van der Waals surface area contributed by atoms with Crippen LogP contribution in [0.25, 0.3) is 0 Å². The number of rotatable bonds is 15. The first kappa shape index (κ1) is 20.6.